The van der Waals surface area contributed by atoms with Gasteiger partial charge in [0.1, 0.15) is 5.75 Å². The lowest BCUT2D eigenvalue weighted by Gasteiger charge is -2.09. The van der Waals surface area contributed by atoms with Crippen molar-refractivity contribution in [3.63, 3.8) is 0 Å². The van der Waals surface area contributed by atoms with Gasteiger partial charge in [0.15, 0.2) is 0 Å². The first-order valence-electron chi connectivity index (χ1n) is 3.07. The van der Waals surface area contributed by atoms with E-state index in [4.69, 9.17) is 28.3 Å². The monoisotopic (exact) mass is 230 g/mol. The number of rotatable bonds is 0. The van der Waals surface area contributed by atoms with E-state index in [0.717, 1.165) is 6.07 Å². The Labute approximate surface area is 81.7 Å². The van der Waals surface area contributed by atoms with Gasteiger partial charge in [-0.25, -0.2) is 0 Å². The van der Waals surface area contributed by atoms with Crippen LogP contribution in [0.2, 0.25) is 10.0 Å². The molecule has 0 spiro atoms. The van der Waals surface area contributed by atoms with Crippen molar-refractivity contribution in [2.24, 2.45) is 0 Å². The molecule has 1 N–H and O–H groups in total. The third-order valence-electron chi connectivity index (χ3n) is 1.32. The molecule has 72 valence electrons. The molecule has 0 saturated carbocycles. The number of phenolic OH excluding ortho intramolecular Hbond substituents is 1. The van der Waals surface area contributed by atoms with Crippen molar-refractivity contribution in [2.45, 2.75) is 6.18 Å². The Balaban J connectivity index is 3.37. The van der Waals surface area contributed by atoms with Gasteiger partial charge >= 0.3 is 6.18 Å². The molecule has 1 aromatic carbocycles. The molecular formula is C7H3Cl2F3O. The summed E-state index contributed by atoms with van der Waals surface area (Å²) < 4.78 is 36.5. The molecule has 0 aliphatic heterocycles. The fourth-order valence-electron chi connectivity index (χ4n) is 0.781. The van der Waals surface area contributed by atoms with E-state index in [-0.39, 0.29) is 5.02 Å². The normalized spacial score (nSPS) is 11.8. The summed E-state index contributed by atoms with van der Waals surface area (Å²) in [7, 11) is 0. The highest BCUT2D eigenvalue weighted by atomic mass is 35.5. The quantitative estimate of drug-likeness (QED) is 0.721. The van der Waals surface area contributed by atoms with Crippen LogP contribution in [0.25, 0.3) is 0 Å². The van der Waals surface area contributed by atoms with Crippen molar-refractivity contribution in [1.82, 2.24) is 0 Å². The van der Waals surface area contributed by atoms with Crippen molar-refractivity contribution in [3.05, 3.63) is 27.7 Å². The summed E-state index contributed by atoms with van der Waals surface area (Å²) in [6, 6.07) is 1.60. The summed E-state index contributed by atoms with van der Waals surface area (Å²) >= 11 is 10.5. The van der Waals surface area contributed by atoms with Crippen molar-refractivity contribution in [1.29, 1.82) is 0 Å². The SMILES string of the molecule is Oc1cc(Cl)cc(C(F)(F)F)c1Cl. The second kappa shape index (κ2) is 3.27. The van der Waals surface area contributed by atoms with E-state index in [1.54, 1.807) is 0 Å². The van der Waals surface area contributed by atoms with E-state index < -0.39 is 22.5 Å². The molecule has 1 rings (SSSR count). The average molecular weight is 231 g/mol. The standard InChI is InChI=1S/C7H3Cl2F3O/c8-3-1-4(7(10,11)12)6(9)5(13)2-3/h1-2,13H. The van der Waals surface area contributed by atoms with Crippen LogP contribution in [0.1, 0.15) is 5.56 Å². The minimum Gasteiger partial charge on any atom is -0.506 e. The highest BCUT2D eigenvalue weighted by molar-refractivity contribution is 6.34. The second-order valence-corrected chi connectivity index (χ2v) is 3.10. The van der Waals surface area contributed by atoms with Gasteiger partial charge in [0.05, 0.1) is 10.6 Å². The van der Waals surface area contributed by atoms with Crippen molar-refractivity contribution in [2.75, 3.05) is 0 Å². The Bertz CT molecular complexity index is 335. The predicted molar refractivity (Wildman–Crippen MR) is 43.1 cm³/mol. The third kappa shape index (κ3) is 2.19. The van der Waals surface area contributed by atoms with Gasteiger partial charge in [-0.2, -0.15) is 13.2 Å². The molecule has 1 nitrogen and oxygen atoms in total. The molecule has 13 heavy (non-hydrogen) atoms. The number of halogens is 5. The molecule has 0 fully saturated rings. The van der Waals surface area contributed by atoms with Crippen LogP contribution >= 0.6 is 23.2 Å². The number of alkyl halides is 3. The van der Waals surface area contributed by atoms with Gasteiger partial charge in [-0.1, -0.05) is 23.2 Å². The lowest BCUT2D eigenvalue weighted by atomic mass is 10.2. The van der Waals surface area contributed by atoms with Gasteiger partial charge in [-0.3, -0.25) is 0 Å². The maximum Gasteiger partial charge on any atom is 0.418 e. The number of phenols is 1. The molecule has 0 aliphatic carbocycles. The minimum absolute atomic E-state index is 0.214. The first kappa shape index (κ1) is 10.5. The molecule has 0 aromatic heterocycles. The zero-order chi connectivity index (χ0) is 10.2. The Morgan fingerprint density at radius 2 is 1.69 bits per heavy atom. The number of benzene rings is 1. The Kier molecular flexibility index (Phi) is 2.63. The highest BCUT2D eigenvalue weighted by Crippen LogP contribution is 2.40. The first-order chi connectivity index (χ1) is 5.82. The third-order valence-corrected chi connectivity index (χ3v) is 1.94. The highest BCUT2D eigenvalue weighted by Gasteiger charge is 2.34. The van der Waals surface area contributed by atoms with Gasteiger partial charge in [0, 0.05) is 11.1 Å². The molecular weight excluding hydrogens is 228 g/mol. The molecule has 0 amide bonds. The summed E-state index contributed by atoms with van der Waals surface area (Å²) in [5, 5.41) is 7.98. The zero-order valence-corrected chi connectivity index (χ0v) is 7.50. The lowest BCUT2D eigenvalue weighted by molar-refractivity contribution is -0.137. The van der Waals surface area contributed by atoms with Crippen molar-refractivity contribution in [3.8, 4) is 5.75 Å². The van der Waals surface area contributed by atoms with E-state index >= 15 is 0 Å². The largest absolute Gasteiger partial charge is 0.506 e. The Morgan fingerprint density at radius 1 is 1.15 bits per heavy atom. The molecule has 0 radical (unpaired) electrons. The smallest absolute Gasteiger partial charge is 0.418 e. The van der Waals surface area contributed by atoms with Crippen LogP contribution in [0.15, 0.2) is 12.1 Å². The minimum atomic E-state index is -4.61. The molecule has 0 bridgehead atoms. The van der Waals surface area contributed by atoms with E-state index in [1.165, 1.54) is 0 Å². The molecule has 0 unspecified atom stereocenters. The predicted octanol–water partition coefficient (Wildman–Crippen LogP) is 3.72. The fourth-order valence-corrected chi connectivity index (χ4v) is 1.21. The second-order valence-electron chi connectivity index (χ2n) is 2.28. The summed E-state index contributed by atoms with van der Waals surface area (Å²) in [5.41, 5.74) is -1.14. The summed E-state index contributed by atoms with van der Waals surface area (Å²) in [6.45, 7) is 0. The van der Waals surface area contributed by atoms with Gasteiger partial charge in [0.25, 0.3) is 0 Å². The van der Waals surface area contributed by atoms with E-state index in [9.17, 15) is 13.2 Å². The maximum atomic E-state index is 12.2. The molecule has 1 aromatic rings. The van der Waals surface area contributed by atoms with Crippen molar-refractivity contribution < 1.29 is 18.3 Å². The molecule has 0 atom stereocenters. The Hall–Kier alpha value is -0.610. The van der Waals surface area contributed by atoms with E-state index in [1.807, 2.05) is 0 Å². The maximum absolute atomic E-state index is 12.2. The summed E-state index contributed by atoms with van der Waals surface area (Å²) in [6.07, 6.45) is -4.61. The fraction of sp³-hybridized carbons (Fsp3) is 0.143. The molecule has 0 saturated heterocycles. The molecule has 6 heteroatoms. The van der Waals surface area contributed by atoms with E-state index in [0.29, 0.717) is 6.07 Å². The topological polar surface area (TPSA) is 20.2 Å². The van der Waals surface area contributed by atoms with Crippen LogP contribution < -0.4 is 0 Å². The molecule has 0 heterocycles. The first-order valence-corrected chi connectivity index (χ1v) is 3.83. The van der Waals surface area contributed by atoms with Gasteiger partial charge < -0.3 is 5.11 Å². The van der Waals surface area contributed by atoms with Gasteiger partial charge in [0.2, 0.25) is 0 Å². The zero-order valence-electron chi connectivity index (χ0n) is 5.99. The van der Waals surface area contributed by atoms with E-state index in [2.05, 4.69) is 0 Å². The van der Waals surface area contributed by atoms with Crippen LogP contribution in [-0.4, -0.2) is 5.11 Å². The summed E-state index contributed by atoms with van der Waals surface area (Å²) in [5.74, 6) is -0.679. The van der Waals surface area contributed by atoms with Crippen LogP contribution in [0.3, 0.4) is 0 Å². The number of hydrogen-bond donors (Lipinski definition) is 1. The Morgan fingerprint density at radius 3 is 2.15 bits per heavy atom. The van der Waals surface area contributed by atoms with Gasteiger partial charge in [-0.05, 0) is 6.07 Å². The number of hydrogen-bond acceptors (Lipinski definition) is 1. The lowest BCUT2D eigenvalue weighted by Crippen LogP contribution is -2.05. The average Bonchev–Trinajstić information content (AvgIpc) is 1.94. The van der Waals surface area contributed by atoms with Crippen LogP contribution in [0.4, 0.5) is 13.2 Å². The molecule has 0 aliphatic rings. The summed E-state index contributed by atoms with van der Waals surface area (Å²) in [4.78, 5) is 0. The number of aromatic hydroxyl groups is 1. The van der Waals surface area contributed by atoms with Gasteiger partial charge in [-0.15, -0.1) is 0 Å². The van der Waals surface area contributed by atoms with Crippen LogP contribution in [0.5, 0.6) is 5.75 Å². The van der Waals surface area contributed by atoms with Crippen LogP contribution in [-0.2, 0) is 6.18 Å². The van der Waals surface area contributed by atoms with Crippen molar-refractivity contribution >= 4 is 23.2 Å². The van der Waals surface area contributed by atoms with Crippen LogP contribution in [0, 0.1) is 0 Å².